The number of fused-ring (bicyclic) bond motifs is 1. The number of nitrogens with two attached hydrogens (primary N) is 2. The molecular formula is C22H20N6O2. The number of rotatable bonds is 6. The first-order chi connectivity index (χ1) is 14.6. The fourth-order valence-electron chi connectivity index (χ4n) is 2.98. The molecule has 4 aromatic rings. The second kappa shape index (κ2) is 8.44. The zero-order chi connectivity index (χ0) is 20.9. The highest BCUT2D eigenvalue weighted by Gasteiger charge is 2.10. The van der Waals surface area contributed by atoms with Gasteiger partial charge in [0, 0.05) is 0 Å². The minimum atomic E-state index is 0.0307. The first-order valence-corrected chi connectivity index (χ1v) is 9.28. The van der Waals surface area contributed by atoms with Crippen molar-refractivity contribution in [3.63, 3.8) is 0 Å². The molecule has 0 atom stereocenters. The Morgan fingerprint density at radius 1 is 0.967 bits per heavy atom. The third-order valence-corrected chi connectivity index (χ3v) is 4.61. The molecule has 0 bridgehead atoms. The highest BCUT2D eigenvalue weighted by Crippen LogP contribution is 2.21. The van der Waals surface area contributed by atoms with Gasteiger partial charge < -0.3 is 16.2 Å². The second-order valence-corrected chi connectivity index (χ2v) is 6.62. The second-order valence-electron chi connectivity index (χ2n) is 6.62. The van der Waals surface area contributed by atoms with Crippen LogP contribution in [0.1, 0.15) is 23.7 Å². The highest BCUT2D eigenvalue weighted by molar-refractivity contribution is 6.01. The van der Waals surface area contributed by atoms with Gasteiger partial charge in [0.2, 0.25) is 0 Å². The molecule has 3 aromatic carbocycles. The van der Waals surface area contributed by atoms with Crippen LogP contribution in [0, 0.1) is 0 Å². The SMILES string of the molecule is C/C(=N/N=C(/N)c1nonc1N)c1ccc(OCc2cccc3ccccc23)cc1. The lowest BCUT2D eigenvalue weighted by molar-refractivity contribution is 0.307. The van der Waals surface area contributed by atoms with Gasteiger partial charge in [0.1, 0.15) is 12.4 Å². The van der Waals surface area contributed by atoms with Crippen molar-refractivity contribution in [3.8, 4) is 5.75 Å². The molecule has 1 heterocycles. The Hall–Kier alpha value is -4.20. The molecule has 0 spiro atoms. The Labute approximate surface area is 172 Å². The molecular weight excluding hydrogens is 380 g/mol. The summed E-state index contributed by atoms with van der Waals surface area (Å²) >= 11 is 0. The Kier molecular flexibility index (Phi) is 5.38. The largest absolute Gasteiger partial charge is 0.489 e. The van der Waals surface area contributed by atoms with Crippen molar-refractivity contribution in [3.05, 3.63) is 83.6 Å². The van der Waals surface area contributed by atoms with Crippen molar-refractivity contribution in [2.45, 2.75) is 13.5 Å². The summed E-state index contributed by atoms with van der Waals surface area (Å²) in [5.41, 5.74) is 14.3. The van der Waals surface area contributed by atoms with Crippen molar-refractivity contribution in [2.75, 3.05) is 5.73 Å². The van der Waals surface area contributed by atoms with Crippen LogP contribution in [-0.2, 0) is 6.61 Å². The van der Waals surface area contributed by atoms with Gasteiger partial charge in [-0.2, -0.15) is 5.10 Å². The molecule has 0 aliphatic heterocycles. The van der Waals surface area contributed by atoms with Gasteiger partial charge in [0.25, 0.3) is 0 Å². The Morgan fingerprint density at radius 3 is 2.50 bits per heavy atom. The van der Waals surface area contributed by atoms with Crippen LogP contribution in [0.25, 0.3) is 10.8 Å². The van der Waals surface area contributed by atoms with E-state index < -0.39 is 0 Å². The number of nitrogen functional groups attached to an aromatic ring is 1. The minimum Gasteiger partial charge on any atom is -0.489 e. The van der Waals surface area contributed by atoms with Gasteiger partial charge in [-0.3, -0.25) is 0 Å². The van der Waals surface area contributed by atoms with Crippen LogP contribution in [0.5, 0.6) is 5.75 Å². The molecule has 0 fully saturated rings. The van der Waals surface area contributed by atoms with Crippen LogP contribution in [0.15, 0.2) is 81.6 Å². The zero-order valence-corrected chi connectivity index (χ0v) is 16.3. The summed E-state index contributed by atoms with van der Waals surface area (Å²) < 4.78 is 10.5. The molecule has 4 N–H and O–H groups in total. The van der Waals surface area contributed by atoms with Crippen LogP contribution >= 0.6 is 0 Å². The molecule has 8 nitrogen and oxygen atoms in total. The number of benzene rings is 3. The lowest BCUT2D eigenvalue weighted by atomic mass is 10.1. The Balaban J connectivity index is 1.44. The van der Waals surface area contributed by atoms with Crippen molar-refractivity contribution in [1.82, 2.24) is 10.3 Å². The van der Waals surface area contributed by atoms with Crippen LogP contribution in [-0.4, -0.2) is 21.9 Å². The third-order valence-electron chi connectivity index (χ3n) is 4.61. The third kappa shape index (κ3) is 4.12. The van der Waals surface area contributed by atoms with Crippen LogP contribution in [0.2, 0.25) is 0 Å². The smallest absolute Gasteiger partial charge is 0.199 e. The molecule has 0 aliphatic carbocycles. The lowest BCUT2D eigenvalue weighted by Gasteiger charge is -2.09. The summed E-state index contributed by atoms with van der Waals surface area (Å²) in [6, 6.07) is 22.1. The number of nitrogens with zero attached hydrogens (tertiary/aromatic N) is 4. The predicted molar refractivity (Wildman–Crippen MR) is 116 cm³/mol. The molecule has 30 heavy (non-hydrogen) atoms. The number of hydrogen-bond donors (Lipinski definition) is 2. The van der Waals surface area contributed by atoms with Crippen molar-refractivity contribution >= 4 is 28.1 Å². The number of ether oxygens (including phenoxy) is 1. The van der Waals surface area contributed by atoms with E-state index in [1.54, 1.807) is 0 Å². The summed E-state index contributed by atoms with van der Waals surface area (Å²) in [6.07, 6.45) is 0. The van der Waals surface area contributed by atoms with Crippen molar-refractivity contribution in [2.24, 2.45) is 15.9 Å². The molecule has 0 saturated heterocycles. The van der Waals surface area contributed by atoms with Crippen LogP contribution < -0.4 is 16.2 Å². The van der Waals surface area contributed by atoms with Gasteiger partial charge in [-0.1, -0.05) is 42.5 Å². The summed E-state index contributed by atoms with van der Waals surface area (Å²) in [4.78, 5) is 0. The van der Waals surface area contributed by atoms with Gasteiger partial charge in [0.15, 0.2) is 17.3 Å². The average molecular weight is 400 g/mol. The molecule has 4 rings (SSSR count). The molecule has 150 valence electrons. The van der Waals surface area contributed by atoms with E-state index in [0.717, 1.165) is 16.9 Å². The van der Waals surface area contributed by atoms with E-state index in [9.17, 15) is 0 Å². The normalized spacial score (nSPS) is 12.3. The molecule has 0 unspecified atom stereocenters. The highest BCUT2D eigenvalue weighted by atomic mass is 16.6. The Morgan fingerprint density at radius 2 is 1.73 bits per heavy atom. The van der Waals surface area contributed by atoms with E-state index in [2.05, 4.69) is 49.4 Å². The topological polar surface area (TPSA) is 125 Å². The molecule has 1 aromatic heterocycles. The molecule has 0 amide bonds. The van der Waals surface area contributed by atoms with Gasteiger partial charge in [-0.15, -0.1) is 5.10 Å². The number of anilines is 1. The van der Waals surface area contributed by atoms with E-state index in [1.165, 1.54) is 10.8 Å². The maximum Gasteiger partial charge on any atom is 0.199 e. The summed E-state index contributed by atoms with van der Waals surface area (Å²) in [5, 5.41) is 17.5. The fourth-order valence-corrected chi connectivity index (χ4v) is 2.98. The van der Waals surface area contributed by atoms with Crippen LogP contribution in [0.3, 0.4) is 0 Å². The molecule has 0 saturated carbocycles. The van der Waals surface area contributed by atoms with E-state index in [1.807, 2.05) is 49.4 Å². The van der Waals surface area contributed by atoms with E-state index in [4.69, 9.17) is 16.2 Å². The van der Waals surface area contributed by atoms with Crippen LogP contribution in [0.4, 0.5) is 5.82 Å². The average Bonchev–Trinajstić information content (AvgIpc) is 3.22. The first-order valence-electron chi connectivity index (χ1n) is 9.28. The summed E-state index contributed by atoms with van der Waals surface area (Å²) in [6.45, 7) is 2.31. The maximum atomic E-state index is 5.97. The van der Waals surface area contributed by atoms with Gasteiger partial charge in [-0.25, -0.2) is 4.63 Å². The Bertz CT molecular complexity index is 1220. The number of hydrogen-bond acceptors (Lipinski definition) is 7. The van der Waals surface area contributed by atoms with E-state index >= 15 is 0 Å². The summed E-state index contributed by atoms with van der Waals surface area (Å²) in [7, 11) is 0. The van der Waals surface area contributed by atoms with Gasteiger partial charge in [-0.05, 0) is 63.4 Å². The van der Waals surface area contributed by atoms with Crippen molar-refractivity contribution in [1.29, 1.82) is 0 Å². The molecule has 8 heteroatoms. The number of aromatic nitrogens is 2. The molecule has 0 radical (unpaired) electrons. The molecule has 0 aliphatic rings. The monoisotopic (exact) mass is 400 g/mol. The number of amidine groups is 1. The van der Waals surface area contributed by atoms with E-state index in [0.29, 0.717) is 12.3 Å². The lowest BCUT2D eigenvalue weighted by Crippen LogP contribution is -2.15. The predicted octanol–water partition coefficient (Wildman–Crippen LogP) is 3.51. The summed E-state index contributed by atoms with van der Waals surface area (Å²) in [5.74, 6) is 0.865. The van der Waals surface area contributed by atoms with Gasteiger partial charge in [0.05, 0.1) is 5.71 Å². The quantitative estimate of drug-likeness (QED) is 0.290. The maximum absolute atomic E-state index is 5.97. The minimum absolute atomic E-state index is 0.0307. The van der Waals surface area contributed by atoms with E-state index in [-0.39, 0.29) is 17.3 Å². The van der Waals surface area contributed by atoms with Gasteiger partial charge >= 0.3 is 0 Å². The first kappa shape index (κ1) is 19.1. The standard InChI is InChI=1S/C22H20N6O2/c1-14(25-26-21(23)20-22(24)28-30-27-20)15-9-11-18(12-10-15)29-13-17-7-4-6-16-5-2-3-8-19(16)17/h2-12H,13H2,1H3,(H2,23,26)(H2,24,28)/b25-14-. The van der Waals surface area contributed by atoms with Crippen molar-refractivity contribution < 1.29 is 9.37 Å². The zero-order valence-electron chi connectivity index (χ0n) is 16.3. The fraction of sp³-hybridized carbons (Fsp3) is 0.0909.